The van der Waals surface area contributed by atoms with Gasteiger partial charge in [-0.05, 0) is 36.4 Å². The SMILES string of the molecule is O=C(C1CNC1)N1CCN(c2ccc(Cl)c(-c3nc4ccc(Cl)cc4[nH]3)c2)CC1.O=C(O)C(F)(F)F. The van der Waals surface area contributed by atoms with Crippen molar-refractivity contribution in [3.05, 3.63) is 46.4 Å². The zero-order valence-electron chi connectivity index (χ0n) is 18.8. The van der Waals surface area contributed by atoms with Gasteiger partial charge in [0.25, 0.3) is 0 Å². The van der Waals surface area contributed by atoms with Gasteiger partial charge in [0.15, 0.2) is 0 Å². The number of carbonyl (C=O) groups is 2. The van der Waals surface area contributed by atoms with E-state index in [1.807, 2.05) is 35.2 Å². The Morgan fingerprint density at radius 1 is 1.03 bits per heavy atom. The minimum absolute atomic E-state index is 0.158. The third-order valence-electron chi connectivity index (χ3n) is 5.98. The molecule has 5 rings (SSSR count). The molecule has 1 amide bonds. The average Bonchev–Trinajstić information content (AvgIpc) is 3.21. The van der Waals surface area contributed by atoms with Crippen LogP contribution in [0.15, 0.2) is 36.4 Å². The number of rotatable bonds is 3. The Labute approximate surface area is 214 Å². The molecule has 1 aromatic heterocycles. The van der Waals surface area contributed by atoms with E-state index < -0.39 is 12.1 Å². The highest BCUT2D eigenvalue weighted by atomic mass is 35.5. The van der Waals surface area contributed by atoms with Crippen LogP contribution in [0.5, 0.6) is 0 Å². The average molecular weight is 544 g/mol. The van der Waals surface area contributed by atoms with E-state index in [2.05, 4.69) is 26.3 Å². The number of aromatic nitrogens is 2. The monoisotopic (exact) mass is 543 g/mol. The number of H-pyrrole nitrogens is 1. The summed E-state index contributed by atoms with van der Waals surface area (Å²) in [5.74, 6) is -1.60. The fourth-order valence-corrected chi connectivity index (χ4v) is 4.29. The number of carboxylic acids is 1. The summed E-state index contributed by atoms with van der Waals surface area (Å²) < 4.78 is 31.7. The highest BCUT2D eigenvalue weighted by Gasteiger charge is 2.38. The lowest BCUT2D eigenvalue weighted by molar-refractivity contribution is -0.192. The van der Waals surface area contributed by atoms with E-state index in [9.17, 15) is 18.0 Å². The number of carbonyl (C=O) groups excluding carboxylic acids is 1. The van der Waals surface area contributed by atoms with Crippen molar-refractivity contribution in [2.24, 2.45) is 5.92 Å². The molecule has 36 heavy (non-hydrogen) atoms. The molecule has 0 spiro atoms. The molecule has 2 aliphatic rings. The van der Waals surface area contributed by atoms with Crippen LogP contribution in [0.4, 0.5) is 18.9 Å². The second-order valence-electron chi connectivity index (χ2n) is 8.38. The lowest BCUT2D eigenvalue weighted by Crippen LogP contribution is -2.56. The summed E-state index contributed by atoms with van der Waals surface area (Å²) in [6, 6.07) is 11.6. The minimum atomic E-state index is -5.08. The van der Waals surface area contributed by atoms with Gasteiger partial charge in [-0.15, -0.1) is 0 Å². The van der Waals surface area contributed by atoms with Gasteiger partial charge in [0.1, 0.15) is 5.82 Å². The van der Waals surface area contributed by atoms with Crippen molar-refractivity contribution in [3.63, 3.8) is 0 Å². The Kier molecular flexibility index (Phi) is 7.62. The predicted molar refractivity (Wildman–Crippen MR) is 130 cm³/mol. The highest BCUT2D eigenvalue weighted by Crippen LogP contribution is 2.32. The molecule has 0 radical (unpaired) electrons. The van der Waals surface area contributed by atoms with E-state index >= 15 is 0 Å². The van der Waals surface area contributed by atoms with Crippen LogP contribution in [0.1, 0.15) is 0 Å². The summed E-state index contributed by atoms with van der Waals surface area (Å²) in [7, 11) is 0. The molecule has 8 nitrogen and oxygen atoms in total. The Bertz CT molecular complexity index is 1270. The lowest BCUT2D eigenvalue weighted by Gasteiger charge is -2.39. The number of alkyl halides is 3. The summed E-state index contributed by atoms with van der Waals surface area (Å²) in [4.78, 5) is 33.6. The van der Waals surface area contributed by atoms with E-state index in [1.54, 1.807) is 0 Å². The molecule has 0 aliphatic carbocycles. The highest BCUT2D eigenvalue weighted by molar-refractivity contribution is 6.33. The van der Waals surface area contributed by atoms with Crippen LogP contribution in [0.25, 0.3) is 22.4 Å². The van der Waals surface area contributed by atoms with Gasteiger partial charge >= 0.3 is 12.1 Å². The van der Waals surface area contributed by atoms with E-state index in [0.29, 0.717) is 10.0 Å². The second-order valence-corrected chi connectivity index (χ2v) is 9.23. The Morgan fingerprint density at radius 3 is 2.28 bits per heavy atom. The molecule has 192 valence electrons. The van der Waals surface area contributed by atoms with Crippen LogP contribution in [0.2, 0.25) is 10.0 Å². The number of piperazine rings is 1. The molecule has 2 aromatic carbocycles. The van der Waals surface area contributed by atoms with E-state index in [0.717, 1.165) is 67.4 Å². The van der Waals surface area contributed by atoms with Crippen molar-refractivity contribution >= 4 is 51.8 Å². The van der Waals surface area contributed by atoms with Gasteiger partial charge in [-0.2, -0.15) is 13.2 Å². The van der Waals surface area contributed by atoms with Gasteiger partial charge in [0.05, 0.1) is 22.0 Å². The third kappa shape index (κ3) is 5.85. The molecule has 0 atom stereocenters. The van der Waals surface area contributed by atoms with E-state index in [4.69, 9.17) is 33.1 Å². The first-order valence-corrected chi connectivity index (χ1v) is 11.8. The van der Waals surface area contributed by atoms with Gasteiger partial charge in [0, 0.05) is 55.5 Å². The first kappa shape index (κ1) is 26.1. The number of fused-ring (bicyclic) bond motifs is 1. The van der Waals surface area contributed by atoms with Crippen LogP contribution in [-0.2, 0) is 9.59 Å². The Balaban J connectivity index is 0.000000384. The van der Waals surface area contributed by atoms with Crippen molar-refractivity contribution in [2.75, 3.05) is 44.2 Å². The molecule has 2 saturated heterocycles. The molecule has 0 bridgehead atoms. The first-order chi connectivity index (χ1) is 17.0. The topological polar surface area (TPSA) is 102 Å². The van der Waals surface area contributed by atoms with E-state index in [1.165, 1.54) is 0 Å². The number of aliphatic carboxylic acids is 1. The van der Waals surface area contributed by atoms with Gasteiger partial charge in [-0.3, -0.25) is 4.79 Å². The van der Waals surface area contributed by atoms with Gasteiger partial charge < -0.3 is 25.2 Å². The number of anilines is 1. The number of imidazole rings is 1. The van der Waals surface area contributed by atoms with Gasteiger partial charge in [0.2, 0.25) is 5.91 Å². The normalized spacial score (nSPS) is 16.4. The molecule has 3 N–H and O–H groups in total. The number of carboxylic acid groups (broad SMARTS) is 1. The van der Waals surface area contributed by atoms with Crippen molar-refractivity contribution in [3.8, 4) is 11.4 Å². The van der Waals surface area contributed by atoms with Gasteiger partial charge in [-0.25, -0.2) is 9.78 Å². The fourth-order valence-electron chi connectivity index (χ4n) is 3.91. The molecular formula is C23H22Cl2F3N5O3. The smallest absolute Gasteiger partial charge is 0.475 e. The summed E-state index contributed by atoms with van der Waals surface area (Å²) in [5, 5.41) is 11.6. The van der Waals surface area contributed by atoms with Crippen molar-refractivity contribution in [1.82, 2.24) is 20.2 Å². The van der Waals surface area contributed by atoms with Crippen LogP contribution in [0.3, 0.4) is 0 Å². The third-order valence-corrected chi connectivity index (χ3v) is 6.54. The van der Waals surface area contributed by atoms with Crippen LogP contribution in [-0.4, -0.2) is 77.3 Å². The Morgan fingerprint density at radius 2 is 1.69 bits per heavy atom. The molecule has 3 heterocycles. The number of aromatic amines is 1. The molecule has 2 fully saturated rings. The van der Waals surface area contributed by atoms with Crippen molar-refractivity contribution in [2.45, 2.75) is 6.18 Å². The summed E-state index contributed by atoms with van der Waals surface area (Å²) in [5.41, 5.74) is 3.67. The number of nitrogens with one attached hydrogen (secondary N) is 2. The maximum atomic E-state index is 12.4. The molecule has 13 heteroatoms. The van der Waals surface area contributed by atoms with Crippen LogP contribution in [0, 0.1) is 5.92 Å². The van der Waals surface area contributed by atoms with Crippen molar-refractivity contribution < 1.29 is 27.9 Å². The standard InChI is InChI=1S/C21H21Cl2N5O.C2HF3O2/c22-14-1-4-18-19(9-14)26-20(25-18)16-10-15(2-3-17(16)23)27-5-7-28(8-6-27)21(29)13-11-24-12-13;3-2(4,5)1(6)7/h1-4,9-10,13,24H,5-8,11-12H2,(H,25,26);(H,6,7). The van der Waals surface area contributed by atoms with Crippen LogP contribution < -0.4 is 10.2 Å². The number of hydrogen-bond donors (Lipinski definition) is 3. The van der Waals surface area contributed by atoms with Gasteiger partial charge in [-0.1, -0.05) is 23.2 Å². The molecule has 3 aromatic rings. The lowest BCUT2D eigenvalue weighted by atomic mass is 10.0. The molecule has 0 saturated carbocycles. The molecule has 0 unspecified atom stereocenters. The zero-order valence-corrected chi connectivity index (χ0v) is 20.3. The number of amides is 1. The van der Waals surface area contributed by atoms with E-state index in [-0.39, 0.29) is 11.8 Å². The maximum Gasteiger partial charge on any atom is 0.490 e. The minimum Gasteiger partial charge on any atom is -0.475 e. The number of benzene rings is 2. The maximum absolute atomic E-state index is 12.4. The van der Waals surface area contributed by atoms with Crippen LogP contribution >= 0.6 is 23.2 Å². The largest absolute Gasteiger partial charge is 0.490 e. The Hall–Kier alpha value is -3.02. The zero-order chi connectivity index (χ0) is 26.0. The van der Waals surface area contributed by atoms with Crippen molar-refractivity contribution in [1.29, 1.82) is 0 Å². The first-order valence-electron chi connectivity index (χ1n) is 11.0. The summed E-state index contributed by atoms with van der Waals surface area (Å²) in [6.07, 6.45) is -5.08. The number of nitrogens with zero attached hydrogens (tertiary/aromatic N) is 3. The number of hydrogen-bond acceptors (Lipinski definition) is 5. The number of halogens is 5. The second kappa shape index (κ2) is 10.5. The quantitative estimate of drug-likeness (QED) is 0.461. The molecular weight excluding hydrogens is 522 g/mol. The fraction of sp³-hybridized carbons (Fsp3) is 0.348. The molecule has 2 aliphatic heterocycles. The summed E-state index contributed by atoms with van der Waals surface area (Å²) in [6.45, 7) is 4.73. The summed E-state index contributed by atoms with van der Waals surface area (Å²) >= 11 is 12.6. The predicted octanol–water partition coefficient (Wildman–Crippen LogP) is 4.04.